The lowest BCUT2D eigenvalue weighted by atomic mass is 9.92. The molecule has 0 bridgehead atoms. The van der Waals surface area contributed by atoms with Gasteiger partial charge in [0, 0.05) is 13.1 Å². The number of nitrogens with zero attached hydrogens (tertiary/aromatic N) is 1. The summed E-state index contributed by atoms with van der Waals surface area (Å²) in [6, 6.07) is 4.84. The van der Waals surface area contributed by atoms with Crippen molar-refractivity contribution in [3.63, 3.8) is 0 Å². The van der Waals surface area contributed by atoms with Gasteiger partial charge in [0.2, 0.25) is 0 Å². The fourth-order valence-electron chi connectivity index (χ4n) is 2.12. The number of aliphatic hydroxyl groups excluding tert-OH is 1. The molecule has 1 aliphatic carbocycles. The SMILES string of the molecule is CN(c1ccc(Br)s1)C1CCC(O)CC1. The van der Waals surface area contributed by atoms with E-state index in [1.807, 2.05) is 0 Å². The lowest BCUT2D eigenvalue weighted by Crippen LogP contribution is -2.35. The van der Waals surface area contributed by atoms with Gasteiger partial charge in [-0.3, -0.25) is 0 Å². The molecule has 1 saturated carbocycles. The van der Waals surface area contributed by atoms with Gasteiger partial charge in [0.05, 0.1) is 14.9 Å². The number of anilines is 1. The van der Waals surface area contributed by atoms with Crippen molar-refractivity contribution in [1.82, 2.24) is 0 Å². The van der Waals surface area contributed by atoms with Crippen molar-refractivity contribution in [2.75, 3.05) is 11.9 Å². The maximum absolute atomic E-state index is 9.46. The molecule has 1 aromatic rings. The van der Waals surface area contributed by atoms with Crippen LogP contribution in [0.3, 0.4) is 0 Å². The second-order valence-electron chi connectivity index (χ2n) is 4.15. The molecule has 0 aromatic carbocycles. The zero-order chi connectivity index (χ0) is 10.8. The lowest BCUT2D eigenvalue weighted by molar-refractivity contribution is 0.122. The van der Waals surface area contributed by atoms with Crippen LogP contribution in [0, 0.1) is 0 Å². The Morgan fingerprint density at radius 1 is 1.33 bits per heavy atom. The quantitative estimate of drug-likeness (QED) is 0.903. The van der Waals surface area contributed by atoms with Crippen molar-refractivity contribution in [2.24, 2.45) is 0 Å². The fraction of sp³-hybridized carbons (Fsp3) is 0.636. The van der Waals surface area contributed by atoms with Crippen LogP contribution in [0.25, 0.3) is 0 Å². The topological polar surface area (TPSA) is 23.5 Å². The van der Waals surface area contributed by atoms with E-state index in [9.17, 15) is 5.11 Å². The predicted octanol–water partition coefficient (Wildman–Crippen LogP) is 3.25. The first-order valence-corrected chi connectivity index (χ1v) is 6.94. The van der Waals surface area contributed by atoms with Gasteiger partial charge in [-0.05, 0) is 53.7 Å². The van der Waals surface area contributed by atoms with Crippen LogP contribution in [0.5, 0.6) is 0 Å². The molecule has 1 aromatic heterocycles. The summed E-state index contributed by atoms with van der Waals surface area (Å²) in [4.78, 5) is 2.35. The molecule has 1 aliphatic rings. The van der Waals surface area contributed by atoms with Gasteiger partial charge in [-0.2, -0.15) is 0 Å². The van der Waals surface area contributed by atoms with E-state index in [0.717, 1.165) is 25.7 Å². The summed E-state index contributed by atoms with van der Waals surface area (Å²) in [7, 11) is 2.15. The Kier molecular flexibility index (Phi) is 3.69. The lowest BCUT2D eigenvalue weighted by Gasteiger charge is -2.33. The number of hydrogen-bond donors (Lipinski definition) is 1. The normalized spacial score (nSPS) is 26.6. The number of hydrogen-bond acceptors (Lipinski definition) is 3. The fourth-order valence-corrected chi connectivity index (χ4v) is 3.51. The molecular weight excluding hydrogens is 274 g/mol. The molecule has 0 unspecified atom stereocenters. The Morgan fingerprint density at radius 3 is 2.53 bits per heavy atom. The van der Waals surface area contributed by atoms with Crippen molar-refractivity contribution >= 4 is 32.3 Å². The smallest absolute Gasteiger partial charge is 0.0920 e. The monoisotopic (exact) mass is 289 g/mol. The molecule has 2 rings (SSSR count). The van der Waals surface area contributed by atoms with Gasteiger partial charge >= 0.3 is 0 Å². The van der Waals surface area contributed by atoms with Gasteiger partial charge in [-0.15, -0.1) is 11.3 Å². The Morgan fingerprint density at radius 2 is 2.00 bits per heavy atom. The minimum atomic E-state index is -0.0651. The van der Waals surface area contributed by atoms with E-state index in [2.05, 4.69) is 40.0 Å². The summed E-state index contributed by atoms with van der Waals surface area (Å²) in [5, 5.41) is 10.8. The first-order valence-electron chi connectivity index (χ1n) is 5.33. The molecule has 0 aliphatic heterocycles. The number of thiophene rings is 1. The van der Waals surface area contributed by atoms with Gasteiger partial charge in [0.1, 0.15) is 0 Å². The Balaban J connectivity index is 1.99. The predicted molar refractivity (Wildman–Crippen MR) is 68.7 cm³/mol. The van der Waals surface area contributed by atoms with Gasteiger partial charge in [0.15, 0.2) is 0 Å². The van der Waals surface area contributed by atoms with Gasteiger partial charge < -0.3 is 10.0 Å². The summed E-state index contributed by atoms with van der Waals surface area (Å²) in [5.74, 6) is 0. The first kappa shape index (κ1) is 11.4. The highest BCUT2D eigenvalue weighted by atomic mass is 79.9. The minimum Gasteiger partial charge on any atom is -0.393 e. The van der Waals surface area contributed by atoms with Crippen molar-refractivity contribution < 1.29 is 5.11 Å². The molecule has 1 fully saturated rings. The van der Waals surface area contributed by atoms with Crippen LogP contribution in [0.1, 0.15) is 25.7 Å². The highest BCUT2D eigenvalue weighted by Crippen LogP contribution is 2.33. The molecule has 84 valence electrons. The van der Waals surface area contributed by atoms with E-state index < -0.39 is 0 Å². The molecule has 1 N–H and O–H groups in total. The van der Waals surface area contributed by atoms with Crippen molar-refractivity contribution in [3.05, 3.63) is 15.9 Å². The van der Waals surface area contributed by atoms with E-state index in [4.69, 9.17) is 0 Å². The highest BCUT2D eigenvalue weighted by molar-refractivity contribution is 9.11. The van der Waals surface area contributed by atoms with Gasteiger partial charge in [-0.25, -0.2) is 0 Å². The highest BCUT2D eigenvalue weighted by Gasteiger charge is 2.23. The van der Waals surface area contributed by atoms with Gasteiger partial charge in [0.25, 0.3) is 0 Å². The van der Waals surface area contributed by atoms with Crippen LogP contribution in [-0.2, 0) is 0 Å². The van der Waals surface area contributed by atoms with Crippen LogP contribution in [0.15, 0.2) is 15.9 Å². The third kappa shape index (κ3) is 2.74. The Labute approximate surface area is 103 Å². The summed E-state index contributed by atoms with van der Waals surface area (Å²) < 4.78 is 1.18. The summed E-state index contributed by atoms with van der Waals surface area (Å²) in [6.45, 7) is 0. The Hall–Kier alpha value is -0.0600. The third-order valence-electron chi connectivity index (χ3n) is 3.12. The number of rotatable bonds is 2. The summed E-state index contributed by atoms with van der Waals surface area (Å²) in [5.41, 5.74) is 0. The van der Waals surface area contributed by atoms with Crippen LogP contribution < -0.4 is 4.90 Å². The minimum absolute atomic E-state index is 0.0651. The zero-order valence-electron chi connectivity index (χ0n) is 8.82. The van der Waals surface area contributed by atoms with Crippen molar-refractivity contribution in [1.29, 1.82) is 0 Å². The second kappa shape index (κ2) is 4.85. The molecule has 1 heterocycles. The molecule has 0 amide bonds. The maximum atomic E-state index is 9.46. The van der Waals surface area contributed by atoms with E-state index in [1.54, 1.807) is 11.3 Å². The molecule has 0 atom stereocenters. The van der Waals surface area contributed by atoms with Crippen LogP contribution in [0.2, 0.25) is 0 Å². The standard InChI is InChI=1S/C11H16BrNOS/c1-13(11-7-6-10(12)15-11)8-2-4-9(14)5-3-8/h6-9,14H,2-5H2,1H3. The van der Waals surface area contributed by atoms with Crippen LogP contribution in [-0.4, -0.2) is 24.3 Å². The summed E-state index contributed by atoms with van der Waals surface area (Å²) in [6.07, 6.45) is 4.04. The molecule has 0 saturated heterocycles. The van der Waals surface area contributed by atoms with Gasteiger partial charge in [-0.1, -0.05) is 0 Å². The molecule has 0 spiro atoms. The molecule has 15 heavy (non-hydrogen) atoms. The third-order valence-corrected chi connectivity index (χ3v) is 4.83. The van der Waals surface area contributed by atoms with Crippen LogP contribution in [0.4, 0.5) is 5.00 Å². The molecule has 0 radical (unpaired) electrons. The second-order valence-corrected chi connectivity index (χ2v) is 6.59. The van der Waals surface area contributed by atoms with Crippen molar-refractivity contribution in [2.45, 2.75) is 37.8 Å². The Bertz CT molecular complexity index is 320. The van der Waals surface area contributed by atoms with E-state index in [-0.39, 0.29) is 6.10 Å². The molecular formula is C11H16BrNOS. The molecule has 4 heteroatoms. The largest absolute Gasteiger partial charge is 0.393 e. The number of halogens is 1. The van der Waals surface area contributed by atoms with E-state index >= 15 is 0 Å². The number of aliphatic hydroxyl groups is 1. The van der Waals surface area contributed by atoms with Crippen LogP contribution >= 0.6 is 27.3 Å². The average Bonchev–Trinajstić information content (AvgIpc) is 2.65. The zero-order valence-corrected chi connectivity index (χ0v) is 11.2. The van der Waals surface area contributed by atoms with E-state index in [0.29, 0.717) is 6.04 Å². The van der Waals surface area contributed by atoms with E-state index in [1.165, 1.54) is 8.79 Å². The maximum Gasteiger partial charge on any atom is 0.0920 e. The first-order chi connectivity index (χ1) is 7.16. The van der Waals surface area contributed by atoms with Crippen molar-refractivity contribution in [3.8, 4) is 0 Å². The molecule has 2 nitrogen and oxygen atoms in total. The summed E-state index contributed by atoms with van der Waals surface area (Å²) >= 11 is 5.26. The average molecular weight is 290 g/mol.